The predicted molar refractivity (Wildman–Crippen MR) is 182 cm³/mol. The Morgan fingerprint density at radius 3 is 1.81 bits per heavy atom. The number of nitrogens with one attached hydrogen (secondary N) is 3. The van der Waals surface area contributed by atoms with Gasteiger partial charge in [-0.05, 0) is 47.3 Å². The molecule has 1 heterocycles. The molecule has 270 valence electrons. The maximum atomic E-state index is 14.2. The van der Waals surface area contributed by atoms with E-state index in [9.17, 15) is 28.8 Å². The number of esters is 1. The number of hydrogen-bond acceptors (Lipinski definition) is 7. The molecule has 2 rings (SSSR count). The van der Waals surface area contributed by atoms with Crippen molar-refractivity contribution in [1.82, 2.24) is 20.9 Å². The molecule has 5 N–H and O–H groups in total. The highest BCUT2D eigenvalue weighted by molar-refractivity contribution is 6.37. The number of rotatable bonds is 13. The molecule has 0 spiro atoms. The van der Waals surface area contributed by atoms with Crippen LogP contribution in [0.5, 0.6) is 0 Å². The first kappa shape index (κ1) is 41.8. The van der Waals surface area contributed by atoms with Gasteiger partial charge in [-0.15, -0.1) is 0 Å². The number of Topliss-reactive ketones (excluding diaryl/α,β-unsaturated/α-hetero) is 1. The molecule has 4 unspecified atom stereocenters. The zero-order valence-electron chi connectivity index (χ0n) is 31.0. The summed E-state index contributed by atoms with van der Waals surface area (Å²) in [6.07, 6.45) is 3.54. The number of carbonyl (C=O) groups excluding carboxylic acids is 6. The summed E-state index contributed by atoms with van der Waals surface area (Å²) in [6, 6.07) is -4.69. The minimum absolute atomic E-state index is 0.00272. The quantitative estimate of drug-likeness (QED) is 0.170. The van der Waals surface area contributed by atoms with Crippen LogP contribution in [0.1, 0.15) is 115 Å². The molecule has 0 aromatic rings. The van der Waals surface area contributed by atoms with E-state index in [-0.39, 0.29) is 36.8 Å². The average molecular weight is 666 g/mol. The van der Waals surface area contributed by atoms with Gasteiger partial charge in [-0.25, -0.2) is 9.59 Å². The van der Waals surface area contributed by atoms with Gasteiger partial charge in [0.15, 0.2) is 0 Å². The largest absolute Gasteiger partial charge is 0.464 e. The van der Waals surface area contributed by atoms with Crippen LogP contribution >= 0.6 is 0 Å². The van der Waals surface area contributed by atoms with E-state index in [1.54, 1.807) is 20.8 Å². The van der Waals surface area contributed by atoms with Crippen molar-refractivity contribution in [3.63, 3.8) is 0 Å². The second kappa shape index (κ2) is 17.8. The summed E-state index contributed by atoms with van der Waals surface area (Å²) in [5.74, 6) is -3.01. The highest BCUT2D eigenvalue weighted by Gasteiger charge is 2.47. The molecule has 1 aliphatic heterocycles. The first-order chi connectivity index (χ1) is 21.6. The highest BCUT2D eigenvalue weighted by Crippen LogP contribution is 2.33. The number of carbonyl (C=O) groups is 6. The molecule has 12 nitrogen and oxygen atoms in total. The number of primary amides is 1. The van der Waals surface area contributed by atoms with Gasteiger partial charge in [-0.1, -0.05) is 102 Å². The molecule has 5 atom stereocenters. The maximum absolute atomic E-state index is 14.2. The van der Waals surface area contributed by atoms with Crippen LogP contribution in [0.15, 0.2) is 0 Å². The van der Waals surface area contributed by atoms with E-state index in [1.165, 1.54) is 4.90 Å². The Morgan fingerprint density at radius 2 is 1.38 bits per heavy atom. The normalized spacial score (nSPS) is 20.3. The van der Waals surface area contributed by atoms with Crippen LogP contribution in [0, 0.1) is 34.5 Å². The third kappa shape index (κ3) is 12.4. The molecule has 1 saturated heterocycles. The van der Waals surface area contributed by atoms with Crippen LogP contribution in [0.3, 0.4) is 0 Å². The average Bonchev–Trinajstić information content (AvgIpc) is 3.40. The molecular weight excluding hydrogens is 602 g/mol. The summed E-state index contributed by atoms with van der Waals surface area (Å²) in [5, 5.41) is 8.23. The van der Waals surface area contributed by atoms with Crippen LogP contribution in [0.25, 0.3) is 0 Å². The number of amides is 5. The lowest BCUT2D eigenvalue weighted by Crippen LogP contribution is -2.62. The lowest BCUT2D eigenvalue weighted by molar-refractivity contribution is -0.149. The summed E-state index contributed by atoms with van der Waals surface area (Å²) in [6.45, 7) is 23.2. The number of hydrogen-bond donors (Lipinski definition) is 4. The molecule has 47 heavy (non-hydrogen) atoms. The zero-order valence-corrected chi connectivity index (χ0v) is 31.0. The van der Waals surface area contributed by atoms with Gasteiger partial charge in [0.05, 0.1) is 12.6 Å². The monoisotopic (exact) mass is 665 g/mol. The molecule has 2 aliphatic rings. The maximum Gasteiger partial charge on any atom is 0.329 e. The van der Waals surface area contributed by atoms with Crippen molar-refractivity contribution in [2.24, 2.45) is 40.2 Å². The number of ketones is 1. The minimum Gasteiger partial charge on any atom is -0.464 e. The Balaban J connectivity index is 0.00000541. The van der Waals surface area contributed by atoms with Crippen molar-refractivity contribution in [2.45, 2.75) is 139 Å². The molecule has 0 radical (unpaired) electrons. The minimum atomic E-state index is -1.11. The Morgan fingerprint density at radius 1 is 0.851 bits per heavy atom. The Kier molecular flexibility index (Phi) is 15.9. The van der Waals surface area contributed by atoms with E-state index in [0.29, 0.717) is 12.8 Å². The van der Waals surface area contributed by atoms with Gasteiger partial charge in [0, 0.05) is 6.54 Å². The van der Waals surface area contributed by atoms with E-state index < -0.39 is 70.5 Å². The first-order valence-electron chi connectivity index (χ1n) is 17.3. The topological polar surface area (TPSA) is 177 Å². The van der Waals surface area contributed by atoms with Crippen molar-refractivity contribution in [3.8, 4) is 0 Å². The van der Waals surface area contributed by atoms with Crippen LogP contribution in [-0.4, -0.2) is 77.7 Å². The second-order valence-corrected chi connectivity index (χ2v) is 15.8. The molecule has 5 amide bonds. The summed E-state index contributed by atoms with van der Waals surface area (Å²) in [7, 11) is 0. The van der Waals surface area contributed by atoms with Crippen molar-refractivity contribution < 1.29 is 33.5 Å². The number of ether oxygens (including phenoxy) is 1. The molecule has 0 aromatic carbocycles. The van der Waals surface area contributed by atoms with Crippen LogP contribution in [0.4, 0.5) is 4.79 Å². The van der Waals surface area contributed by atoms with Crippen molar-refractivity contribution in [1.29, 1.82) is 0 Å². The SMILES string of the molecule is CC.CC(C)COC(=O)C(NC(=O)NC(C(=O)N1CC(C(C)C)C[C@H]1C(=O)NC(CC1CCC1)C(=O)C(N)=O)C(C)(C)C)C(C)(C)C. The van der Waals surface area contributed by atoms with Gasteiger partial charge in [-0.2, -0.15) is 0 Å². The third-order valence-corrected chi connectivity index (χ3v) is 8.86. The summed E-state index contributed by atoms with van der Waals surface area (Å²) >= 11 is 0. The van der Waals surface area contributed by atoms with E-state index in [0.717, 1.165) is 19.3 Å². The summed E-state index contributed by atoms with van der Waals surface area (Å²) < 4.78 is 5.41. The zero-order chi connectivity index (χ0) is 36.4. The summed E-state index contributed by atoms with van der Waals surface area (Å²) in [4.78, 5) is 80.1. The fraction of sp³-hybridized carbons (Fsp3) is 0.829. The fourth-order valence-electron chi connectivity index (χ4n) is 5.66. The number of nitrogens with zero attached hydrogens (tertiary/aromatic N) is 1. The van der Waals surface area contributed by atoms with E-state index in [2.05, 4.69) is 16.0 Å². The molecule has 12 heteroatoms. The van der Waals surface area contributed by atoms with Gasteiger partial charge < -0.3 is 31.3 Å². The standard InChI is InChI=1S/C33H57N5O7.C2H6/c1-18(2)17-45-30(43)26(33(8,9)10)37-31(44)36-25(32(5,6)7)29(42)38-16-21(19(3)4)15-23(38)28(41)35-22(24(39)27(34)40)14-20-12-11-13-20;1-2/h18-23,25-26H,11-17H2,1-10H3,(H2,34,40)(H,35,41)(H2,36,37,44);1-2H3/t21?,22?,23-,25?,26?;/m0./s1. The molecule has 0 aromatic heterocycles. The van der Waals surface area contributed by atoms with E-state index in [4.69, 9.17) is 10.5 Å². The van der Waals surface area contributed by atoms with Crippen LogP contribution in [0.2, 0.25) is 0 Å². The van der Waals surface area contributed by atoms with Crippen molar-refractivity contribution >= 4 is 35.5 Å². The van der Waals surface area contributed by atoms with Gasteiger partial charge >= 0.3 is 12.0 Å². The molecule has 0 bridgehead atoms. The molecule has 2 fully saturated rings. The van der Waals surface area contributed by atoms with Gasteiger partial charge in [0.1, 0.15) is 18.1 Å². The Hall–Kier alpha value is -3.18. The Labute approximate surface area is 282 Å². The van der Waals surface area contributed by atoms with Crippen LogP contribution < -0.4 is 21.7 Å². The van der Waals surface area contributed by atoms with Gasteiger partial charge in [-0.3, -0.25) is 19.2 Å². The number of urea groups is 1. The van der Waals surface area contributed by atoms with E-state index in [1.807, 2.05) is 62.3 Å². The fourth-order valence-corrected chi connectivity index (χ4v) is 5.66. The lowest BCUT2D eigenvalue weighted by Gasteiger charge is -2.37. The number of likely N-dealkylation sites (tertiary alicyclic amines) is 1. The van der Waals surface area contributed by atoms with Gasteiger partial charge in [0.25, 0.3) is 5.91 Å². The lowest BCUT2D eigenvalue weighted by atomic mass is 9.80. The number of nitrogens with two attached hydrogens (primary N) is 1. The van der Waals surface area contributed by atoms with Crippen molar-refractivity contribution in [2.75, 3.05) is 13.2 Å². The van der Waals surface area contributed by atoms with Crippen molar-refractivity contribution in [3.05, 3.63) is 0 Å². The highest BCUT2D eigenvalue weighted by atomic mass is 16.5. The van der Waals surface area contributed by atoms with Gasteiger partial charge in [0.2, 0.25) is 17.6 Å². The third-order valence-electron chi connectivity index (χ3n) is 8.86. The van der Waals surface area contributed by atoms with Crippen LogP contribution in [-0.2, 0) is 28.7 Å². The molecule has 1 aliphatic carbocycles. The predicted octanol–water partition coefficient (Wildman–Crippen LogP) is 3.94. The smallest absolute Gasteiger partial charge is 0.329 e. The first-order valence-corrected chi connectivity index (χ1v) is 17.3. The second-order valence-electron chi connectivity index (χ2n) is 15.8. The Bertz CT molecular complexity index is 1100. The van der Waals surface area contributed by atoms with E-state index >= 15 is 0 Å². The molecule has 1 saturated carbocycles. The summed E-state index contributed by atoms with van der Waals surface area (Å²) in [5.41, 5.74) is 3.86. The molecular formula is C35H63N5O7.